The third-order valence-corrected chi connectivity index (χ3v) is 3.45. The van der Waals surface area contributed by atoms with E-state index in [-0.39, 0.29) is 6.04 Å². The Morgan fingerprint density at radius 1 is 1.32 bits per heavy atom. The summed E-state index contributed by atoms with van der Waals surface area (Å²) in [4.78, 5) is 8.31. The lowest BCUT2D eigenvalue weighted by Crippen LogP contribution is -2.17. The van der Waals surface area contributed by atoms with Crippen molar-refractivity contribution in [2.45, 2.75) is 25.9 Å². The van der Waals surface area contributed by atoms with E-state index in [0.29, 0.717) is 23.7 Å². The zero-order chi connectivity index (χ0) is 15.5. The van der Waals surface area contributed by atoms with Gasteiger partial charge in [0.2, 0.25) is 0 Å². The molecular formula is C16H17ClN4O. The molecule has 114 valence electrons. The van der Waals surface area contributed by atoms with Crippen molar-refractivity contribution in [1.29, 1.82) is 0 Å². The third-order valence-electron chi connectivity index (χ3n) is 3.25. The molecule has 5 nitrogen and oxygen atoms in total. The Hall–Kier alpha value is -2.11. The molecule has 0 radical (unpaired) electrons. The highest BCUT2D eigenvalue weighted by molar-refractivity contribution is 6.30. The van der Waals surface area contributed by atoms with Crippen molar-refractivity contribution in [2.75, 3.05) is 5.32 Å². The van der Waals surface area contributed by atoms with Crippen LogP contribution < -0.4 is 11.1 Å². The zero-order valence-electron chi connectivity index (χ0n) is 12.2. The van der Waals surface area contributed by atoms with Crippen molar-refractivity contribution in [3.63, 3.8) is 0 Å². The predicted octanol–water partition coefficient (Wildman–Crippen LogP) is 3.38. The van der Waals surface area contributed by atoms with Crippen molar-refractivity contribution in [3.05, 3.63) is 53.1 Å². The van der Waals surface area contributed by atoms with Gasteiger partial charge in [-0.05, 0) is 24.6 Å². The van der Waals surface area contributed by atoms with Crippen LogP contribution in [0.3, 0.4) is 0 Å². The van der Waals surface area contributed by atoms with Crippen LogP contribution in [0.1, 0.15) is 18.2 Å². The zero-order valence-corrected chi connectivity index (χ0v) is 13.0. The monoisotopic (exact) mass is 316 g/mol. The van der Waals surface area contributed by atoms with Crippen LogP contribution in [-0.2, 0) is 13.0 Å². The maximum absolute atomic E-state index is 6.09. The summed E-state index contributed by atoms with van der Waals surface area (Å²) in [5, 5.41) is 3.76. The van der Waals surface area contributed by atoms with E-state index in [1.807, 2.05) is 25.1 Å². The molecule has 0 fully saturated rings. The Balaban J connectivity index is 1.89. The Morgan fingerprint density at radius 2 is 2.09 bits per heavy atom. The number of nitrogens with zero attached hydrogens (tertiary/aromatic N) is 2. The fourth-order valence-corrected chi connectivity index (χ4v) is 2.49. The molecule has 3 aromatic rings. The molecule has 3 rings (SSSR count). The smallest absolute Gasteiger partial charge is 0.175 e. The van der Waals surface area contributed by atoms with Crippen LogP contribution in [0.25, 0.3) is 11.1 Å². The summed E-state index contributed by atoms with van der Waals surface area (Å²) < 4.78 is 5.88. The van der Waals surface area contributed by atoms with Gasteiger partial charge in [-0.3, -0.25) is 4.98 Å². The van der Waals surface area contributed by atoms with Gasteiger partial charge >= 0.3 is 0 Å². The first-order valence-electron chi connectivity index (χ1n) is 7.09. The van der Waals surface area contributed by atoms with Gasteiger partial charge in [0.05, 0.1) is 5.69 Å². The number of aromatic nitrogens is 2. The van der Waals surface area contributed by atoms with Gasteiger partial charge in [0.25, 0.3) is 0 Å². The first-order valence-corrected chi connectivity index (χ1v) is 7.47. The highest BCUT2D eigenvalue weighted by Gasteiger charge is 2.12. The molecule has 3 heterocycles. The van der Waals surface area contributed by atoms with Crippen molar-refractivity contribution in [3.8, 4) is 0 Å². The normalized spacial score (nSPS) is 12.5. The van der Waals surface area contributed by atoms with Gasteiger partial charge in [0, 0.05) is 43.5 Å². The van der Waals surface area contributed by atoms with Gasteiger partial charge in [-0.25, -0.2) is 4.98 Å². The van der Waals surface area contributed by atoms with E-state index in [1.165, 1.54) is 0 Å². The summed E-state index contributed by atoms with van der Waals surface area (Å²) in [6, 6.07) is 7.60. The van der Waals surface area contributed by atoms with E-state index in [2.05, 4.69) is 15.3 Å². The summed E-state index contributed by atoms with van der Waals surface area (Å²) in [7, 11) is 0. The standard InChI is InChI=1S/C16H17ClN4O/c1-10(18)6-12-7-14-16(22-12)13(8-15(17)21-14)20-9-11-2-4-19-5-3-11/h2-5,7-8,10H,6,9,18H2,1H3,(H,20,21). The molecule has 1 atom stereocenters. The van der Waals surface area contributed by atoms with Gasteiger partial charge in [-0.1, -0.05) is 11.6 Å². The first-order chi connectivity index (χ1) is 10.6. The molecule has 0 aliphatic rings. The minimum atomic E-state index is 0.0317. The molecule has 3 aromatic heterocycles. The number of nitrogens with one attached hydrogen (secondary N) is 1. The van der Waals surface area contributed by atoms with Crippen LogP contribution in [0.5, 0.6) is 0 Å². The molecule has 0 bridgehead atoms. The molecule has 0 saturated carbocycles. The average molecular weight is 317 g/mol. The van der Waals surface area contributed by atoms with Crippen LogP contribution >= 0.6 is 11.6 Å². The van der Waals surface area contributed by atoms with E-state index in [0.717, 1.165) is 22.5 Å². The molecule has 0 aliphatic carbocycles. The van der Waals surface area contributed by atoms with Crippen molar-refractivity contribution < 1.29 is 4.42 Å². The number of anilines is 1. The quantitative estimate of drug-likeness (QED) is 0.706. The number of fused-ring (bicyclic) bond motifs is 1. The number of hydrogen-bond donors (Lipinski definition) is 2. The fourth-order valence-electron chi connectivity index (χ4n) is 2.29. The van der Waals surface area contributed by atoms with Crippen molar-refractivity contribution in [1.82, 2.24) is 9.97 Å². The summed E-state index contributed by atoms with van der Waals surface area (Å²) in [5.41, 5.74) is 9.21. The summed E-state index contributed by atoms with van der Waals surface area (Å²) in [6.07, 6.45) is 4.19. The number of hydrogen-bond acceptors (Lipinski definition) is 5. The van der Waals surface area contributed by atoms with Gasteiger partial charge < -0.3 is 15.5 Å². The second-order valence-electron chi connectivity index (χ2n) is 5.31. The lowest BCUT2D eigenvalue weighted by atomic mass is 10.2. The minimum Gasteiger partial charge on any atom is -0.457 e. The fraction of sp³-hybridized carbons (Fsp3) is 0.250. The molecular weight excluding hydrogens is 300 g/mol. The Morgan fingerprint density at radius 3 is 2.82 bits per heavy atom. The maximum atomic E-state index is 6.09. The van der Waals surface area contributed by atoms with E-state index in [9.17, 15) is 0 Å². The number of pyridine rings is 2. The van der Waals surface area contributed by atoms with Gasteiger partial charge in [-0.2, -0.15) is 0 Å². The van der Waals surface area contributed by atoms with Crippen molar-refractivity contribution >= 4 is 28.4 Å². The number of furan rings is 1. The second-order valence-corrected chi connectivity index (χ2v) is 5.70. The lowest BCUT2D eigenvalue weighted by Gasteiger charge is -2.07. The molecule has 0 spiro atoms. The first kappa shape index (κ1) is 14.8. The lowest BCUT2D eigenvalue weighted by molar-refractivity contribution is 0.526. The van der Waals surface area contributed by atoms with E-state index >= 15 is 0 Å². The number of nitrogens with two attached hydrogens (primary N) is 1. The molecule has 6 heteroatoms. The molecule has 1 unspecified atom stereocenters. The minimum absolute atomic E-state index is 0.0317. The number of halogens is 1. The van der Waals surface area contributed by atoms with Crippen LogP contribution in [0.2, 0.25) is 5.15 Å². The summed E-state index contributed by atoms with van der Waals surface area (Å²) in [5.74, 6) is 0.812. The SMILES string of the molecule is CC(N)Cc1cc2nc(Cl)cc(NCc3ccncc3)c2o1. The second kappa shape index (κ2) is 6.34. The van der Waals surface area contributed by atoms with Crippen LogP contribution in [0.15, 0.2) is 41.1 Å². The Labute approximate surface area is 133 Å². The molecule has 3 N–H and O–H groups in total. The van der Waals surface area contributed by atoms with E-state index in [1.54, 1.807) is 18.5 Å². The molecule has 22 heavy (non-hydrogen) atoms. The topological polar surface area (TPSA) is 77.0 Å². The van der Waals surface area contributed by atoms with Gasteiger partial charge in [0.1, 0.15) is 16.4 Å². The largest absolute Gasteiger partial charge is 0.457 e. The van der Waals surface area contributed by atoms with Gasteiger partial charge in [0.15, 0.2) is 5.58 Å². The van der Waals surface area contributed by atoms with Crippen LogP contribution in [0.4, 0.5) is 5.69 Å². The predicted molar refractivity (Wildman–Crippen MR) is 87.9 cm³/mol. The highest BCUT2D eigenvalue weighted by atomic mass is 35.5. The maximum Gasteiger partial charge on any atom is 0.175 e. The third kappa shape index (κ3) is 3.37. The van der Waals surface area contributed by atoms with Gasteiger partial charge in [-0.15, -0.1) is 0 Å². The van der Waals surface area contributed by atoms with E-state index in [4.69, 9.17) is 21.8 Å². The summed E-state index contributed by atoms with van der Waals surface area (Å²) >= 11 is 6.09. The molecule has 0 aliphatic heterocycles. The Kier molecular flexibility index (Phi) is 4.27. The Bertz CT molecular complexity index is 770. The molecule has 0 amide bonds. The average Bonchev–Trinajstić information content (AvgIpc) is 2.87. The van der Waals surface area contributed by atoms with E-state index < -0.39 is 0 Å². The molecule has 0 aromatic carbocycles. The highest BCUT2D eigenvalue weighted by Crippen LogP contribution is 2.29. The number of rotatable bonds is 5. The van der Waals surface area contributed by atoms with Crippen molar-refractivity contribution in [2.24, 2.45) is 5.73 Å². The molecule has 0 saturated heterocycles. The van der Waals surface area contributed by atoms with Crippen LogP contribution in [-0.4, -0.2) is 16.0 Å². The van der Waals surface area contributed by atoms with Crippen LogP contribution in [0, 0.1) is 0 Å². The summed E-state index contributed by atoms with van der Waals surface area (Å²) in [6.45, 7) is 2.59.